The highest BCUT2D eigenvalue weighted by atomic mass is 79.9. The summed E-state index contributed by atoms with van der Waals surface area (Å²) in [7, 11) is 0. The zero-order chi connectivity index (χ0) is 15.4. The summed E-state index contributed by atoms with van der Waals surface area (Å²) in [6.07, 6.45) is 0.162. The average Bonchev–Trinajstić information content (AvgIpc) is 2.40. The Bertz CT molecular complexity index is 641. The molecule has 2 aromatic carbocycles. The zero-order valence-electron chi connectivity index (χ0n) is 11.9. The molecule has 110 valence electrons. The maximum absolute atomic E-state index is 5.79. The molecule has 0 heterocycles. The van der Waals surface area contributed by atoms with Gasteiger partial charge in [0.05, 0.1) is 6.10 Å². The molecule has 0 atom stereocenters. The van der Waals surface area contributed by atoms with Crippen molar-refractivity contribution in [2.75, 3.05) is 5.32 Å². The van der Waals surface area contributed by atoms with E-state index in [9.17, 15) is 0 Å². The Kier molecular flexibility index (Phi) is 5.20. The van der Waals surface area contributed by atoms with E-state index in [0.29, 0.717) is 4.99 Å². The standard InChI is InChI=1S/C16H17BrN2OS/c1-10(2)20-12-8-6-11(7-9-12)19-14-5-3-4-13(17)15(14)16(18)21/h3-10,19H,1-2H3,(H2,18,21). The Hall–Kier alpha value is -1.59. The first-order valence-corrected chi connectivity index (χ1v) is 7.79. The molecule has 0 radical (unpaired) electrons. The maximum Gasteiger partial charge on any atom is 0.119 e. The minimum absolute atomic E-state index is 0.162. The summed E-state index contributed by atoms with van der Waals surface area (Å²) < 4.78 is 6.50. The third kappa shape index (κ3) is 4.19. The summed E-state index contributed by atoms with van der Waals surface area (Å²) in [6.45, 7) is 4.00. The Morgan fingerprint density at radius 3 is 2.43 bits per heavy atom. The average molecular weight is 365 g/mol. The van der Waals surface area contributed by atoms with E-state index in [4.69, 9.17) is 22.7 Å². The molecule has 3 nitrogen and oxygen atoms in total. The molecule has 0 saturated carbocycles. The van der Waals surface area contributed by atoms with Gasteiger partial charge in [-0.15, -0.1) is 0 Å². The highest BCUT2D eigenvalue weighted by Crippen LogP contribution is 2.28. The van der Waals surface area contributed by atoms with Crippen LogP contribution < -0.4 is 15.8 Å². The van der Waals surface area contributed by atoms with Gasteiger partial charge in [0.25, 0.3) is 0 Å². The molecule has 0 bridgehead atoms. The Balaban J connectivity index is 2.22. The molecule has 2 aromatic rings. The van der Waals surface area contributed by atoms with Crippen molar-refractivity contribution < 1.29 is 4.74 Å². The molecule has 5 heteroatoms. The molecule has 2 rings (SSSR count). The number of nitrogens with two attached hydrogens (primary N) is 1. The van der Waals surface area contributed by atoms with Crippen molar-refractivity contribution >= 4 is 44.5 Å². The van der Waals surface area contributed by atoms with Crippen molar-refractivity contribution in [3.63, 3.8) is 0 Å². The topological polar surface area (TPSA) is 47.3 Å². The van der Waals surface area contributed by atoms with Crippen LogP contribution in [0.5, 0.6) is 5.75 Å². The Labute approximate surface area is 138 Å². The van der Waals surface area contributed by atoms with Gasteiger partial charge in [-0.25, -0.2) is 0 Å². The molecule has 0 fully saturated rings. The number of benzene rings is 2. The highest BCUT2D eigenvalue weighted by molar-refractivity contribution is 9.10. The molecule has 0 aromatic heterocycles. The van der Waals surface area contributed by atoms with Crippen molar-refractivity contribution in [2.45, 2.75) is 20.0 Å². The van der Waals surface area contributed by atoms with Gasteiger partial charge in [0, 0.05) is 21.4 Å². The molecule has 0 unspecified atom stereocenters. The summed E-state index contributed by atoms with van der Waals surface area (Å²) in [5, 5.41) is 3.32. The first-order chi connectivity index (χ1) is 9.97. The van der Waals surface area contributed by atoms with Crippen molar-refractivity contribution in [1.29, 1.82) is 0 Å². The maximum atomic E-state index is 5.79. The van der Waals surface area contributed by atoms with Crippen LogP contribution >= 0.6 is 28.1 Å². The summed E-state index contributed by atoms with van der Waals surface area (Å²) in [4.78, 5) is 0.352. The first kappa shape index (κ1) is 15.8. The largest absolute Gasteiger partial charge is 0.491 e. The second-order valence-electron chi connectivity index (χ2n) is 4.84. The molecule has 21 heavy (non-hydrogen) atoms. The summed E-state index contributed by atoms with van der Waals surface area (Å²) >= 11 is 8.58. The van der Waals surface area contributed by atoms with E-state index in [-0.39, 0.29) is 6.10 Å². The molecule has 0 aliphatic heterocycles. The number of ether oxygens (including phenoxy) is 1. The van der Waals surface area contributed by atoms with Crippen LogP contribution in [-0.2, 0) is 0 Å². The van der Waals surface area contributed by atoms with Crippen LogP contribution in [0.4, 0.5) is 11.4 Å². The summed E-state index contributed by atoms with van der Waals surface area (Å²) in [6, 6.07) is 13.6. The molecular weight excluding hydrogens is 348 g/mol. The lowest BCUT2D eigenvalue weighted by Crippen LogP contribution is -2.12. The number of rotatable bonds is 5. The van der Waals surface area contributed by atoms with Crippen LogP contribution in [0, 0.1) is 0 Å². The quantitative estimate of drug-likeness (QED) is 0.760. The van der Waals surface area contributed by atoms with Gasteiger partial charge in [0.2, 0.25) is 0 Å². The number of anilines is 2. The van der Waals surface area contributed by atoms with Crippen LogP contribution in [-0.4, -0.2) is 11.1 Å². The lowest BCUT2D eigenvalue weighted by Gasteiger charge is -2.14. The predicted molar refractivity (Wildman–Crippen MR) is 95.5 cm³/mol. The fourth-order valence-corrected chi connectivity index (χ4v) is 2.85. The molecule has 0 aliphatic carbocycles. The third-order valence-electron chi connectivity index (χ3n) is 2.77. The van der Waals surface area contributed by atoms with Gasteiger partial charge < -0.3 is 15.8 Å². The van der Waals surface area contributed by atoms with Crippen LogP contribution in [0.15, 0.2) is 46.9 Å². The molecule has 0 spiro atoms. The summed E-state index contributed by atoms with van der Waals surface area (Å²) in [5.74, 6) is 0.847. The van der Waals surface area contributed by atoms with Crippen molar-refractivity contribution in [3.8, 4) is 5.75 Å². The lowest BCUT2D eigenvalue weighted by molar-refractivity contribution is 0.242. The minimum atomic E-state index is 0.162. The molecule has 0 aliphatic rings. The van der Waals surface area contributed by atoms with Crippen LogP contribution in [0.1, 0.15) is 19.4 Å². The van der Waals surface area contributed by atoms with Gasteiger partial charge in [-0.2, -0.15) is 0 Å². The van der Waals surface area contributed by atoms with Gasteiger partial charge in [-0.3, -0.25) is 0 Å². The van der Waals surface area contributed by atoms with Crippen LogP contribution in [0.3, 0.4) is 0 Å². The van der Waals surface area contributed by atoms with Crippen molar-refractivity contribution in [2.24, 2.45) is 5.73 Å². The van der Waals surface area contributed by atoms with Gasteiger partial charge >= 0.3 is 0 Å². The molecule has 0 saturated heterocycles. The molecule has 0 amide bonds. The van der Waals surface area contributed by atoms with Crippen LogP contribution in [0.2, 0.25) is 0 Å². The fraction of sp³-hybridized carbons (Fsp3) is 0.188. The normalized spacial score (nSPS) is 10.5. The predicted octanol–water partition coefficient (Wildman–Crippen LogP) is 4.61. The first-order valence-electron chi connectivity index (χ1n) is 6.59. The minimum Gasteiger partial charge on any atom is -0.491 e. The van der Waals surface area contributed by atoms with E-state index in [1.807, 2.05) is 56.3 Å². The van der Waals surface area contributed by atoms with E-state index >= 15 is 0 Å². The van der Waals surface area contributed by atoms with E-state index in [1.165, 1.54) is 0 Å². The van der Waals surface area contributed by atoms with E-state index < -0.39 is 0 Å². The number of nitrogens with one attached hydrogen (secondary N) is 1. The smallest absolute Gasteiger partial charge is 0.119 e. The fourth-order valence-electron chi connectivity index (χ4n) is 1.92. The second-order valence-corrected chi connectivity index (χ2v) is 6.14. The number of hydrogen-bond acceptors (Lipinski definition) is 3. The van der Waals surface area contributed by atoms with Crippen molar-refractivity contribution in [3.05, 3.63) is 52.5 Å². The SMILES string of the molecule is CC(C)Oc1ccc(Nc2cccc(Br)c2C(N)=S)cc1. The summed E-state index contributed by atoms with van der Waals surface area (Å²) in [5.41, 5.74) is 8.41. The van der Waals surface area contributed by atoms with Crippen LogP contribution in [0.25, 0.3) is 0 Å². The van der Waals surface area contributed by atoms with Gasteiger partial charge in [-0.1, -0.05) is 18.3 Å². The number of hydrogen-bond donors (Lipinski definition) is 2. The molecule has 3 N–H and O–H groups in total. The third-order valence-corrected chi connectivity index (χ3v) is 3.63. The number of halogens is 1. The van der Waals surface area contributed by atoms with Gasteiger partial charge in [-0.05, 0) is 66.2 Å². The zero-order valence-corrected chi connectivity index (χ0v) is 14.3. The van der Waals surface area contributed by atoms with Crippen molar-refractivity contribution in [1.82, 2.24) is 0 Å². The monoisotopic (exact) mass is 364 g/mol. The van der Waals surface area contributed by atoms with E-state index in [2.05, 4.69) is 21.2 Å². The van der Waals surface area contributed by atoms with Gasteiger partial charge in [0.15, 0.2) is 0 Å². The molecular formula is C16H17BrN2OS. The second kappa shape index (κ2) is 6.91. The highest BCUT2D eigenvalue weighted by Gasteiger charge is 2.09. The Morgan fingerprint density at radius 2 is 1.86 bits per heavy atom. The van der Waals surface area contributed by atoms with Gasteiger partial charge in [0.1, 0.15) is 10.7 Å². The Morgan fingerprint density at radius 1 is 1.19 bits per heavy atom. The van der Waals surface area contributed by atoms with E-state index in [0.717, 1.165) is 27.2 Å². The lowest BCUT2D eigenvalue weighted by atomic mass is 10.1. The number of thiocarbonyl (C=S) groups is 1. The van der Waals surface area contributed by atoms with E-state index in [1.54, 1.807) is 0 Å².